The lowest BCUT2D eigenvalue weighted by molar-refractivity contribution is -0.123. The van der Waals surface area contributed by atoms with Crippen LogP contribution in [-0.2, 0) is 4.79 Å². The summed E-state index contributed by atoms with van der Waals surface area (Å²) < 4.78 is 25.7. The molecule has 2 amide bonds. The number of anilines is 2. The van der Waals surface area contributed by atoms with Gasteiger partial charge in [0.1, 0.15) is 5.82 Å². The van der Waals surface area contributed by atoms with Gasteiger partial charge < -0.3 is 25.0 Å². The molecule has 0 unspecified atom stereocenters. The van der Waals surface area contributed by atoms with Gasteiger partial charge >= 0.3 is 0 Å². The number of aryl methyl sites for hydroxylation is 1. The molecule has 0 radical (unpaired) electrons. The minimum atomic E-state index is -0.559. The normalized spacial score (nSPS) is 19.1. The summed E-state index contributed by atoms with van der Waals surface area (Å²) in [6, 6.07) is 17.8. The van der Waals surface area contributed by atoms with Crippen LogP contribution in [0, 0.1) is 18.7 Å². The summed E-state index contributed by atoms with van der Waals surface area (Å²) >= 11 is 0. The second-order valence-electron chi connectivity index (χ2n) is 10.9. The van der Waals surface area contributed by atoms with Crippen LogP contribution in [0.15, 0.2) is 60.7 Å². The predicted molar refractivity (Wildman–Crippen MR) is 158 cm³/mol. The maximum absolute atomic E-state index is 15.0. The first-order valence-electron chi connectivity index (χ1n) is 14.3. The fourth-order valence-electron chi connectivity index (χ4n) is 6.19. The maximum Gasteiger partial charge on any atom is 0.257 e. The molecule has 5 rings (SSSR count). The van der Waals surface area contributed by atoms with Gasteiger partial charge in [-0.2, -0.15) is 0 Å². The van der Waals surface area contributed by atoms with E-state index in [0.717, 1.165) is 24.1 Å². The van der Waals surface area contributed by atoms with E-state index >= 15 is 0 Å². The Bertz CT molecular complexity index is 1370. The number of likely N-dealkylation sites (tertiary alicyclic amines) is 1. The van der Waals surface area contributed by atoms with Crippen molar-refractivity contribution in [3.63, 3.8) is 0 Å². The van der Waals surface area contributed by atoms with Gasteiger partial charge in [0.15, 0.2) is 11.5 Å². The molecule has 1 aliphatic carbocycles. The average molecular weight is 560 g/mol. The SMILES string of the molecule is COc1ccc(NC(=O)[C@H]2CCCN(C(=O)c3c(C)cccc3F)[C@H]2c2ccc(NC3CCCC3)cc2)cc1OC. The molecule has 7 nitrogen and oxygen atoms in total. The van der Waals surface area contributed by atoms with Gasteiger partial charge in [-0.25, -0.2) is 4.39 Å². The number of hydrogen-bond acceptors (Lipinski definition) is 5. The molecule has 0 bridgehead atoms. The third kappa shape index (κ3) is 6.16. The minimum absolute atomic E-state index is 0.0537. The average Bonchev–Trinajstić information content (AvgIpc) is 3.50. The second-order valence-corrected chi connectivity index (χ2v) is 10.9. The van der Waals surface area contributed by atoms with E-state index in [-0.39, 0.29) is 11.5 Å². The summed E-state index contributed by atoms with van der Waals surface area (Å²) in [5, 5.41) is 6.62. The number of benzene rings is 3. The molecule has 1 aliphatic heterocycles. The van der Waals surface area contributed by atoms with Crippen molar-refractivity contribution in [1.82, 2.24) is 4.90 Å². The van der Waals surface area contributed by atoms with Crippen molar-refractivity contribution in [3.05, 3.63) is 83.2 Å². The molecule has 2 aliphatic rings. The largest absolute Gasteiger partial charge is 0.493 e. The van der Waals surface area contributed by atoms with E-state index in [1.165, 1.54) is 18.9 Å². The Hall–Kier alpha value is -4.07. The molecule has 3 aromatic carbocycles. The lowest BCUT2D eigenvalue weighted by Gasteiger charge is -2.41. The first-order valence-corrected chi connectivity index (χ1v) is 14.3. The third-order valence-corrected chi connectivity index (χ3v) is 8.29. The third-order valence-electron chi connectivity index (χ3n) is 8.29. The highest BCUT2D eigenvalue weighted by Gasteiger charge is 2.40. The van der Waals surface area contributed by atoms with E-state index in [4.69, 9.17) is 9.47 Å². The van der Waals surface area contributed by atoms with Crippen molar-refractivity contribution in [3.8, 4) is 11.5 Å². The van der Waals surface area contributed by atoms with E-state index in [1.54, 1.807) is 56.4 Å². The summed E-state index contributed by atoms with van der Waals surface area (Å²) in [5.74, 6) is -0.643. The number of piperidine rings is 1. The van der Waals surface area contributed by atoms with Gasteiger partial charge in [-0.1, -0.05) is 37.1 Å². The number of carbonyl (C=O) groups is 2. The molecule has 0 aromatic heterocycles. The number of methoxy groups -OCH3 is 2. The number of amides is 2. The van der Waals surface area contributed by atoms with E-state index < -0.39 is 23.7 Å². The lowest BCUT2D eigenvalue weighted by atomic mass is 9.83. The molecule has 1 saturated carbocycles. The fraction of sp³-hybridized carbons (Fsp3) is 0.394. The van der Waals surface area contributed by atoms with Gasteiger partial charge in [0.05, 0.1) is 31.7 Å². The molecule has 2 N–H and O–H groups in total. The maximum atomic E-state index is 15.0. The molecule has 8 heteroatoms. The smallest absolute Gasteiger partial charge is 0.257 e. The Morgan fingerprint density at radius 2 is 1.59 bits per heavy atom. The van der Waals surface area contributed by atoms with Crippen LogP contribution in [0.5, 0.6) is 11.5 Å². The Kier molecular flexibility index (Phi) is 8.76. The van der Waals surface area contributed by atoms with E-state index in [2.05, 4.69) is 10.6 Å². The number of ether oxygens (including phenoxy) is 2. The van der Waals surface area contributed by atoms with Gasteiger partial charge in [0.25, 0.3) is 5.91 Å². The first kappa shape index (κ1) is 28.5. The molecule has 2 fully saturated rings. The number of nitrogens with zero attached hydrogens (tertiary/aromatic N) is 1. The summed E-state index contributed by atoms with van der Waals surface area (Å²) in [4.78, 5) is 29.4. The molecular formula is C33H38FN3O4. The predicted octanol–water partition coefficient (Wildman–Crippen LogP) is 6.74. The molecule has 0 spiro atoms. The molecular weight excluding hydrogens is 521 g/mol. The van der Waals surface area contributed by atoms with Gasteiger partial charge in [-0.15, -0.1) is 0 Å². The van der Waals surface area contributed by atoms with E-state index in [9.17, 15) is 14.0 Å². The summed E-state index contributed by atoms with van der Waals surface area (Å²) in [6.07, 6.45) is 6.01. The molecule has 3 aromatic rings. The number of rotatable bonds is 8. The van der Waals surface area contributed by atoms with Crippen molar-refractivity contribution in [2.24, 2.45) is 5.92 Å². The highest BCUT2D eigenvalue weighted by molar-refractivity contribution is 5.98. The molecule has 2 atom stereocenters. The van der Waals surface area contributed by atoms with Crippen molar-refractivity contribution in [1.29, 1.82) is 0 Å². The zero-order chi connectivity index (χ0) is 28.9. The van der Waals surface area contributed by atoms with Crippen LogP contribution in [-0.4, -0.2) is 43.5 Å². The lowest BCUT2D eigenvalue weighted by Crippen LogP contribution is -2.46. The number of halogens is 1. The van der Waals surface area contributed by atoms with Gasteiger partial charge in [-0.05, 0) is 74.1 Å². The molecule has 216 valence electrons. The fourth-order valence-corrected chi connectivity index (χ4v) is 6.19. The number of carbonyl (C=O) groups excluding carboxylic acids is 2. The quantitative estimate of drug-likeness (QED) is 0.320. The highest BCUT2D eigenvalue weighted by atomic mass is 19.1. The standard InChI is InChI=1S/C33H38FN3O4/c1-21-8-6-12-27(34)30(21)33(39)37-19-7-11-26(32(38)36-25-17-18-28(40-2)29(20-25)41-3)31(37)22-13-15-24(16-14-22)35-23-9-4-5-10-23/h6,8,12-18,20,23,26,31,35H,4-5,7,9-11,19H2,1-3H3,(H,36,38)/t26-,31-/m0/s1. The van der Waals surface area contributed by atoms with Crippen LogP contribution >= 0.6 is 0 Å². The molecule has 1 heterocycles. The molecule has 1 saturated heterocycles. The van der Waals surface area contributed by atoms with E-state index in [0.29, 0.717) is 48.2 Å². The Balaban J connectivity index is 1.47. The minimum Gasteiger partial charge on any atom is -0.493 e. The Morgan fingerprint density at radius 1 is 0.878 bits per heavy atom. The van der Waals surface area contributed by atoms with Gasteiger partial charge in [-0.3, -0.25) is 9.59 Å². The van der Waals surface area contributed by atoms with Crippen LogP contribution in [0.25, 0.3) is 0 Å². The number of nitrogens with one attached hydrogen (secondary N) is 2. The second kappa shape index (κ2) is 12.6. The van der Waals surface area contributed by atoms with Crippen molar-refractivity contribution < 1.29 is 23.5 Å². The van der Waals surface area contributed by atoms with Crippen molar-refractivity contribution >= 4 is 23.2 Å². The molecule has 41 heavy (non-hydrogen) atoms. The zero-order valence-corrected chi connectivity index (χ0v) is 23.9. The van der Waals surface area contributed by atoms with Crippen molar-refractivity contribution in [2.45, 2.75) is 57.5 Å². The van der Waals surface area contributed by atoms with Crippen LogP contribution in [0.4, 0.5) is 15.8 Å². The first-order chi connectivity index (χ1) is 19.9. The van der Waals surface area contributed by atoms with Gasteiger partial charge in [0.2, 0.25) is 5.91 Å². The highest BCUT2D eigenvalue weighted by Crippen LogP contribution is 2.39. The summed E-state index contributed by atoms with van der Waals surface area (Å²) in [7, 11) is 3.10. The van der Waals surface area contributed by atoms with Crippen LogP contribution < -0.4 is 20.1 Å². The Morgan fingerprint density at radius 3 is 2.27 bits per heavy atom. The summed E-state index contributed by atoms with van der Waals surface area (Å²) in [6.45, 7) is 2.17. The van der Waals surface area contributed by atoms with Crippen LogP contribution in [0.2, 0.25) is 0 Å². The Labute approximate surface area is 241 Å². The van der Waals surface area contributed by atoms with Crippen LogP contribution in [0.1, 0.15) is 66.1 Å². The monoisotopic (exact) mass is 559 g/mol. The topological polar surface area (TPSA) is 79.9 Å². The summed E-state index contributed by atoms with van der Waals surface area (Å²) in [5.41, 5.74) is 3.05. The van der Waals surface area contributed by atoms with Gasteiger partial charge in [0, 0.05) is 30.0 Å². The van der Waals surface area contributed by atoms with Crippen molar-refractivity contribution in [2.75, 3.05) is 31.4 Å². The zero-order valence-electron chi connectivity index (χ0n) is 23.9. The number of hydrogen-bond donors (Lipinski definition) is 2. The van der Waals surface area contributed by atoms with E-state index in [1.807, 2.05) is 24.3 Å². The van der Waals surface area contributed by atoms with Crippen LogP contribution in [0.3, 0.4) is 0 Å².